The highest BCUT2D eigenvalue weighted by atomic mass is 32.1. The lowest BCUT2D eigenvalue weighted by Gasteiger charge is -2.17. The fourth-order valence-corrected chi connectivity index (χ4v) is 3.55. The molecule has 0 bridgehead atoms. The summed E-state index contributed by atoms with van der Waals surface area (Å²) in [5.74, 6) is 0.305. The second-order valence-electron chi connectivity index (χ2n) is 7.16. The van der Waals surface area contributed by atoms with Crippen LogP contribution in [0.1, 0.15) is 49.3 Å². The number of rotatable bonds is 6. The molecule has 3 aromatic rings. The fraction of sp³-hybridized carbons (Fsp3) is 0.381. The average molecular weight is 383 g/mol. The van der Waals surface area contributed by atoms with Gasteiger partial charge in [0.25, 0.3) is 5.91 Å². The van der Waals surface area contributed by atoms with Crippen molar-refractivity contribution in [1.82, 2.24) is 20.1 Å². The number of thiazole rings is 1. The molecule has 1 N–H and O–H groups in total. The molecular formula is C21H26N4OS. The van der Waals surface area contributed by atoms with Crippen LogP contribution in [0.4, 0.5) is 0 Å². The summed E-state index contributed by atoms with van der Waals surface area (Å²) in [6.45, 7) is 10.3. The standard InChI is InChI=1S/C21H26N4OS/c1-6-19-17(20(26)23-15(5)13(2)3)11-22-25(19)21-24-18(12-27-21)16-9-7-14(4)8-10-16/h7-13,15H,6H2,1-5H3,(H,23,26). The van der Waals surface area contributed by atoms with Crippen LogP contribution in [0, 0.1) is 12.8 Å². The number of benzene rings is 1. The molecular weight excluding hydrogens is 356 g/mol. The minimum absolute atomic E-state index is 0.0744. The van der Waals surface area contributed by atoms with Gasteiger partial charge in [0.2, 0.25) is 5.13 Å². The summed E-state index contributed by atoms with van der Waals surface area (Å²) >= 11 is 1.53. The summed E-state index contributed by atoms with van der Waals surface area (Å²) in [7, 11) is 0. The molecule has 142 valence electrons. The van der Waals surface area contributed by atoms with Crippen molar-refractivity contribution < 1.29 is 4.79 Å². The molecule has 0 saturated heterocycles. The normalized spacial score (nSPS) is 12.4. The Morgan fingerprint density at radius 3 is 2.56 bits per heavy atom. The van der Waals surface area contributed by atoms with Gasteiger partial charge in [0.15, 0.2) is 0 Å². The van der Waals surface area contributed by atoms with E-state index in [4.69, 9.17) is 4.98 Å². The van der Waals surface area contributed by atoms with Gasteiger partial charge in [-0.2, -0.15) is 5.10 Å². The highest BCUT2D eigenvalue weighted by molar-refractivity contribution is 7.12. The van der Waals surface area contributed by atoms with Crippen molar-refractivity contribution in [1.29, 1.82) is 0 Å². The number of aromatic nitrogens is 3. The molecule has 1 aromatic carbocycles. The number of nitrogens with zero attached hydrogens (tertiary/aromatic N) is 3. The Morgan fingerprint density at radius 2 is 1.93 bits per heavy atom. The molecule has 0 spiro atoms. The van der Waals surface area contributed by atoms with Gasteiger partial charge in [0.05, 0.1) is 23.1 Å². The second kappa shape index (κ2) is 8.05. The average Bonchev–Trinajstić information content (AvgIpc) is 3.28. The minimum atomic E-state index is -0.0744. The number of amides is 1. The molecule has 0 aliphatic rings. The second-order valence-corrected chi connectivity index (χ2v) is 7.99. The maximum Gasteiger partial charge on any atom is 0.254 e. The first-order chi connectivity index (χ1) is 12.9. The quantitative estimate of drug-likeness (QED) is 0.675. The van der Waals surface area contributed by atoms with Crippen molar-refractivity contribution in [2.24, 2.45) is 5.92 Å². The SMILES string of the molecule is CCc1c(C(=O)NC(C)C(C)C)cnn1-c1nc(-c2ccc(C)cc2)cs1. The van der Waals surface area contributed by atoms with Crippen molar-refractivity contribution in [3.8, 4) is 16.4 Å². The van der Waals surface area contributed by atoms with Gasteiger partial charge in [-0.25, -0.2) is 9.67 Å². The number of nitrogens with one attached hydrogen (secondary N) is 1. The predicted octanol–water partition coefficient (Wildman–Crippen LogP) is 4.64. The van der Waals surface area contributed by atoms with Gasteiger partial charge in [0.1, 0.15) is 0 Å². The maximum absolute atomic E-state index is 12.7. The Bertz CT molecular complexity index is 924. The van der Waals surface area contributed by atoms with Crippen molar-refractivity contribution in [3.63, 3.8) is 0 Å². The summed E-state index contributed by atoms with van der Waals surface area (Å²) in [4.78, 5) is 17.4. The molecule has 27 heavy (non-hydrogen) atoms. The fourth-order valence-electron chi connectivity index (χ4n) is 2.74. The van der Waals surface area contributed by atoms with E-state index < -0.39 is 0 Å². The Hall–Kier alpha value is -2.47. The predicted molar refractivity (Wildman–Crippen MR) is 111 cm³/mol. The van der Waals surface area contributed by atoms with E-state index in [0.29, 0.717) is 17.9 Å². The molecule has 0 aliphatic heterocycles. The first kappa shape index (κ1) is 19.3. The molecule has 2 heterocycles. The molecule has 6 heteroatoms. The van der Waals surface area contributed by atoms with Crippen molar-refractivity contribution in [3.05, 3.63) is 52.7 Å². The summed E-state index contributed by atoms with van der Waals surface area (Å²) < 4.78 is 1.79. The van der Waals surface area contributed by atoms with Gasteiger partial charge in [-0.3, -0.25) is 4.79 Å². The van der Waals surface area contributed by atoms with Gasteiger partial charge < -0.3 is 5.32 Å². The van der Waals surface area contributed by atoms with E-state index >= 15 is 0 Å². The first-order valence-electron chi connectivity index (χ1n) is 9.31. The van der Waals surface area contributed by atoms with Gasteiger partial charge in [-0.15, -0.1) is 11.3 Å². The van der Waals surface area contributed by atoms with Crippen LogP contribution in [0.25, 0.3) is 16.4 Å². The van der Waals surface area contributed by atoms with Crippen LogP contribution >= 0.6 is 11.3 Å². The van der Waals surface area contributed by atoms with Crippen LogP contribution in [0.15, 0.2) is 35.8 Å². The molecule has 0 saturated carbocycles. The van der Waals surface area contributed by atoms with Crippen LogP contribution in [-0.2, 0) is 6.42 Å². The molecule has 5 nitrogen and oxygen atoms in total. The number of hydrogen-bond donors (Lipinski definition) is 1. The Balaban J connectivity index is 1.89. The Kier molecular flexibility index (Phi) is 5.75. The van der Waals surface area contributed by atoms with Crippen LogP contribution < -0.4 is 5.32 Å². The van der Waals surface area contributed by atoms with E-state index in [-0.39, 0.29) is 11.9 Å². The Labute approximate surface area is 164 Å². The third kappa shape index (κ3) is 4.11. The van der Waals surface area contributed by atoms with Gasteiger partial charge in [-0.1, -0.05) is 50.6 Å². The van der Waals surface area contributed by atoms with Gasteiger partial charge in [-0.05, 0) is 26.2 Å². The van der Waals surface area contributed by atoms with E-state index in [2.05, 4.69) is 55.5 Å². The summed E-state index contributed by atoms with van der Waals surface area (Å²) in [5.41, 5.74) is 4.73. The molecule has 1 atom stereocenters. The molecule has 0 aliphatic carbocycles. The third-order valence-corrected chi connectivity index (χ3v) is 5.64. The zero-order valence-electron chi connectivity index (χ0n) is 16.5. The Morgan fingerprint density at radius 1 is 1.22 bits per heavy atom. The number of carbonyl (C=O) groups excluding carboxylic acids is 1. The number of carbonyl (C=O) groups is 1. The molecule has 0 fully saturated rings. The van der Waals surface area contributed by atoms with E-state index in [1.54, 1.807) is 10.9 Å². The van der Waals surface area contributed by atoms with Crippen molar-refractivity contribution >= 4 is 17.2 Å². The van der Waals surface area contributed by atoms with Crippen LogP contribution in [-0.4, -0.2) is 26.7 Å². The lowest BCUT2D eigenvalue weighted by Crippen LogP contribution is -2.36. The largest absolute Gasteiger partial charge is 0.349 e. The smallest absolute Gasteiger partial charge is 0.254 e. The van der Waals surface area contributed by atoms with Crippen molar-refractivity contribution in [2.75, 3.05) is 0 Å². The van der Waals surface area contributed by atoms with Crippen LogP contribution in [0.3, 0.4) is 0 Å². The van der Waals surface area contributed by atoms with Crippen molar-refractivity contribution in [2.45, 2.75) is 47.1 Å². The lowest BCUT2D eigenvalue weighted by atomic mass is 10.1. The van der Waals surface area contributed by atoms with E-state index in [9.17, 15) is 4.79 Å². The highest BCUT2D eigenvalue weighted by Crippen LogP contribution is 2.26. The zero-order chi connectivity index (χ0) is 19.6. The summed E-state index contributed by atoms with van der Waals surface area (Å²) in [6.07, 6.45) is 2.35. The molecule has 0 radical (unpaired) electrons. The highest BCUT2D eigenvalue weighted by Gasteiger charge is 2.21. The van der Waals surface area contributed by atoms with Gasteiger partial charge >= 0.3 is 0 Å². The summed E-state index contributed by atoms with van der Waals surface area (Å²) in [6, 6.07) is 8.42. The third-order valence-electron chi connectivity index (χ3n) is 4.83. The molecule has 2 aromatic heterocycles. The molecule has 1 amide bonds. The van der Waals surface area contributed by atoms with Gasteiger partial charge in [0, 0.05) is 17.0 Å². The van der Waals surface area contributed by atoms with Crippen LogP contribution in [0.5, 0.6) is 0 Å². The maximum atomic E-state index is 12.7. The molecule has 1 unspecified atom stereocenters. The zero-order valence-corrected chi connectivity index (χ0v) is 17.3. The monoisotopic (exact) mass is 382 g/mol. The summed E-state index contributed by atoms with van der Waals surface area (Å²) in [5, 5.41) is 10.3. The van der Waals surface area contributed by atoms with E-state index in [1.807, 2.05) is 19.2 Å². The number of aryl methyl sites for hydroxylation is 1. The topological polar surface area (TPSA) is 59.8 Å². The number of hydrogen-bond acceptors (Lipinski definition) is 4. The first-order valence-corrected chi connectivity index (χ1v) is 10.2. The minimum Gasteiger partial charge on any atom is -0.349 e. The molecule has 3 rings (SSSR count). The lowest BCUT2D eigenvalue weighted by molar-refractivity contribution is 0.0929. The van der Waals surface area contributed by atoms with E-state index in [0.717, 1.165) is 22.1 Å². The van der Waals surface area contributed by atoms with E-state index in [1.165, 1.54) is 16.9 Å². The van der Waals surface area contributed by atoms with Crippen LogP contribution in [0.2, 0.25) is 0 Å².